The molecule has 0 saturated heterocycles. The van der Waals surface area contributed by atoms with Gasteiger partial charge in [0.2, 0.25) is 5.91 Å². The first-order valence-corrected chi connectivity index (χ1v) is 10.8. The highest BCUT2D eigenvalue weighted by Crippen LogP contribution is 2.29. The molecule has 0 aliphatic rings. The van der Waals surface area contributed by atoms with Gasteiger partial charge in [-0.2, -0.15) is 0 Å². The predicted octanol–water partition coefficient (Wildman–Crippen LogP) is 4.23. The van der Waals surface area contributed by atoms with E-state index in [9.17, 15) is 4.79 Å². The van der Waals surface area contributed by atoms with Crippen molar-refractivity contribution in [1.82, 2.24) is 14.5 Å². The third-order valence-corrected chi connectivity index (χ3v) is 5.70. The molecule has 0 unspecified atom stereocenters. The van der Waals surface area contributed by atoms with Crippen LogP contribution in [-0.2, 0) is 17.8 Å². The van der Waals surface area contributed by atoms with Gasteiger partial charge in [0.1, 0.15) is 0 Å². The maximum absolute atomic E-state index is 11.4. The summed E-state index contributed by atoms with van der Waals surface area (Å²) in [5.41, 5.74) is 12.6. The molecule has 1 amide bonds. The van der Waals surface area contributed by atoms with Gasteiger partial charge in [-0.15, -0.1) is 0 Å². The van der Waals surface area contributed by atoms with E-state index >= 15 is 0 Å². The summed E-state index contributed by atoms with van der Waals surface area (Å²) in [4.78, 5) is 20.4. The molecule has 0 bridgehead atoms. The van der Waals surface area contributed by atoms with Crippen molar-refractivity contribution in [2.24, 2.45) is 5.73 Å². The number of thioether (sulfide) groups is 1. The Hall–Kier alpha value is -2.60. The third kappa shape index (κ3) is 5.48. The monoisotopic (exact) mass is 408 g/mol. The van der Waals surface area contributed by atoms with E-state index in [2.05, 4.69) is 55.4 Å². The third-order valence-electron chi connectivity index (χ3n) is 4.70. The van der Waals surface area contributed by atoms with Gasteiger partial charge in [-0.1, -0.05) is 54.9 Å². The van der Waals surface area contributed by atoms with Crippen LogP contribution in [0.4, 0.5) is 0 Å². The Labute approximate surface area is 176 Å². The standard InChI is InChI=1S/C23H28N4OS/c1-15(2)22-20(12-19-10-16(3)9-17(4)11-19)27(13-18-5-7-25-8-6-18)23(26-22)29-14-21(24)28/h5-11,15H,12-14H2,1-4H3,(H2,24,28). The summed E-state index contributed by atoms with van der Waals surface area (Å²) in [6, 6.07) is 10.7. The number of carbonyl (C=O) groups is 1. The molecule has 6 heteroatoms. The lowest BCUT2D eigenvalue weighted by molar-refractivity contribution is -0.115. The molecule has 3 rings (SSSR count). The highest BCUT2D eigenvalue weighted by atomic mass is 32.2. The van der Waals surface area contributed by atoms with Crippen molar-refractivity contribution in [2.75, 3.05) is 5.75 Å². The molecule has 0 aliphatic heterocycles. The number of hydrogen-bond acceptors (Lipinski definition) is 4. The molecule has 2 N–H and O–H groups in total. The normalized spacial score (nSPS) is 11.2. The number of nitrogens with zero attached hydrogens (tertiary/aromatic N) is 3. The van der Waals surface area contributed by atoms with Gasteiger partial charge in [-0.05, 0) is 43.0 Å². The number of nitrogens with two attached hydrogens (primary N) is 1. The van der Waals surface area contributed by atoms with Gasteiger partial charge in [-0.25, -0.2) is 4.98 Å². The molecular weight excluding hydrogens is 380 g/mol. The van der Waals surface area contributed by atoms with Crippen molar-refractivity contribution >= 4 is 17.7 Å². The second-order valence-electron chi connectivity index (χ2n) is 7.75. The lowest BCUT2D eigenvalue weighted by atomic mass is 10.00. The van der Waals surface area contributed by atoms with Crippen molar-refractivity contribution in [3.05, 3.63) is 76.4 Å². The van der Waals surface area contributed by atoms with Gasteiger partial charge in [0.25, 0.3) is 0 Å². The summed E-state index contributed by atoms with van der Waals surface area (Å²) < 4.78 is 2.23. The van der Waals surface area contributed by atoms with Gasteiger partial charge in [0.15, 0.2) is 5.16 Å². The van der Waals surface area contributed by atoms with Crippen molar-refractivity contribution in [3.63, 3.8) is 0 Å². The number of benzene rings is 1. The number of rotatable bonds is 8. The molecule has 0 fully saturated rings. The van der Waals surface area contributed by atoms with Gasteiger partial charge in [0.05, 0.1) is 11.4 Å². The minimum absolute atomic E-state index is 0.216. The van der Waals surface area contributed by atoms with E-state index in [0.29, 0.717) is 6.54 Å². The van der Waals surface area contributed by atoms with Crippen LogP contribution in [0.25, 0.3) is 0 Å². The fourth-order valence-corrected chi connectivity index (χ4v) is 4.34. The average molecular weight is 409 g/mol. The molecule has 0 saturated carbocycles. The molecule has 0 aliphatic carbocycles. The molecule has 0 atom stereocenters. The summed E-state index contributed by atoms with van der Waals surface area (Å²) >= 11 is 1.41. The fraction of sp³-hybridized carbons (Fsp3) is 0.348. The Morgan fingerprint density at radius 3 is 2.34 bits per heavy atom. The highest BCUT2D eigenvalue weighted by molar-refractivity contribution is 7.99. The van der Waals surface area contributed by atoms with Gasteiger partial charge < -0.3 is 10.3 Å². The second kappa shape index (κ2) is 9.27. The molecule has 29 heavy (non-hydrogen) atoms. The number of hydrogen-bond donors (Lipinski definition) is 1. The maximum atomic E-state index is 11.4. The highest BCUT2D eigenvalue weighted by Gasteiger charge is 2.21. The van der Waals surface area contributed by atoms with Crippen LogP contribution < -0.4 is 5.73 Å². The van der Waals surface area contributed by atoms with Gasteiger partial charge >= 0.3 is 0 Å². The largest absolute Gasteiger partial charge is 0.369 e. The summed E-state index contributed by atoms with van der Waals surface area (Å²) in [6.45, 7) is 9.26. The number of imidazole rings is 1. The fourth-order valence-electron chi connectivity index (χ4n) is 3.57. The van der Waals surface area contributed by atoms with E-state index in [1.54, 1.807) is 12.4 Å². The van der Waals surface area contributed by atoms with Crippen LogP contribution in [0, 0.1) is 13.8 Å². The molecule has 2 heterocycles. The summed E-state index contributed by atoms with van der Waals surface area (Å²) in [5, 5.41) is 0.837. The number of carbonyl (C=O) groups excluding carboxylic acids is 1. The van der Waals surface area contributed by atoms with E-state index in [0.717, 1.165) is 22.8 Å². The number of primary amides is 1. The SMILES string of the molecule is Cc1cc(C)cc(Cc2c(C(C)C)nc(SCC(N)=O)n2Cc2ccncc2)c1. The van der Waals surface area contributed by atoms with E-state index < -0.39 is 0 Å². The average Bonchev–Trinajstić information content (AvgIpc) is 2.97. The first-order valence-electron chi connectivity index (χ1n) is 9.80. The predicted molar refractivity (Wildman–Crippen MR) is 118 cm³/mol. The molecule has 0 radical (unpaired) electrons. The van der Waals surface area contributed by atoms with Crippen LogP contribution in [0.1, 0.15) is 53.4 Å². The number of aromatic nitrogens is 3. The quantitative estimate of drug-likeness (QED) is 0.566. The van der Waals surface area contributed by atoms with Crippen LogP contribution in [0.5, 0.6) is 0 Å². The van der Waals surface area contributed by atoms with Gasteiger partial charge in [0, 0.05) is 31.1 Å². The molecule has 152 valence electrons. The van der Waals surface area contributed by atoms with E-state index in [1.165, 1.54) is 34.1 Å². The van der Waals surface area contributed by atoms with E-state index in [1.807, 2.05) is 12.1 Å². The van der Waals surface area contributed by atoms with E-state index in [4.69, 9.17) is 10.7 Å². The Balaban J connectivity index is 2.08. The second-order valence-corrected chi connectivity index (χ2v) is 8.69. The topological polar surface area (TPSA) is 73.8 Å². The van der Waals surface area contributed by atoms with Gasteiger partial charge in [-0.3, -0.25) is 9.78 Å². The molecule has 2 aromatic heterocycles. The molecular formula is C23H28N4OS. The van der Waals surface area contributed by atoms with E-state index in [-0.39, 0.29) is 17.6 Å². The van der Waals surface area contributed by atoms with Crippen molar-refractivity contribution in [2.45, 2.75) is 51.7 Å². The number of aryl methyl sites for hydroxylation is 2. The molecule has 1 aromatic carbocycles. The Kier molecular flexibility index (Phi) is 6.75. The first-order chi connectivity index (χ1) is 13.8. The number of amides is 1. The summed E-state index contributed by atoms with van der Waals surface area (Å²) in [6.07, 6.45) is 4.40. The maximum Gasteiger partial charge on any atom is 0.227 e. The van der Waals surface area contributed by atoms with Crippen LogP contribution >= 0.6 is 11.8 Å². The van der Waals surface area contributed by atoms with Crippen molar-refractivity contribution in [1.29, 1.82) is 0 Å². The number of pyridine rings is 1. The zero-order valence-electron chi connectivity index (χ0n) is 17.5. The minimum atomic E-state index is -0.338. The van der Waals surface area contributed by atoms with Crippen LogP contribution in [0.3, 0.4) is 0 Å². The molecule has 0 spiro atoms. The van der Waals surface area contributed by atoms with Crippen LogP contribution in [0.2, 0.25) is 0 Å². The molecule has 5 nitrogen and oxygen atoms in total. The summed E-state index contributed by atoms with van der Waals surface area (Å²) in [5.74, 6) is 0.159. The first kappa shape index (κ1) is 21.1. The Bertz CT molecular complexity index is 975. The summed E-state index contributed by atoms with van der Waals surface area (Å²) in [7, 11) is 0. The van der Waals surface area contributed by atoms with Crippen LogP contribution in [0.15, 0.2) is 47.9 Å². The Morgan fingerprint density at radius 2 is 1.76 bits per heavy atom. The minimum Gasteiger partial charge on any atom is -0.369 e. The smallest absolute Gasteiger partial charge is 0.227 e. The lowest BCUT2D eigenvalue weighted by Gasteiger charge is -2.14. The Morgan fingerprint density at radius 1 is 1.10 bits per heavy atom. The molecule has 3 aromatic rings. The van der Waals surface area contributed by atoms with Crippen molar-refractivity contribution in [3.8, 4) is 0 Å². The van der Waals surface area contributed by atoms with Crippen LogP contribution in [-0.4, -0.2) is 26.2 Å². The zero-order valence-corrected chi connectivity index (χ0v) is 18.3. The lowest BCUT2D eigenvalue weighted by Crippen LogP contribution is -2.14. The van der Waals surface area contributed by atoms with Crippen molar-refractivity contribution < 1.29 is 4.79 Å². The zero-order chi connectivity index (χ0) is 21.0.